The molecular formula is C20H26O3. The second-order valence-corrected chi connectivity index (χ2v) is 5.05. The third kappa shape index (κ3) is 17.7. The Hall–Kier alpha value is -2.26. The van der Waals surface area contributed by atoms with Crippen LogP contribution in [0.15, 0.2) is 24.3 Å². The Kier molecular flexibility index (Phi) is 14.5. The number of aliphatic carboxylic acids is 1. The molecule has 0 saturated heterocycles. The number of carbonyl (C=O) groups excluding carboxylic acids is 1. The zero-order valence-electron chi connectivity index (χ0n) is 13.9. The summed E-state index contributed by atoms with van der Waals surface area (Å²) in [6.07, 6.45) is 13.3. The number of ketones is 1. The Labute approximate surface area is 139 Å². The summed E-state index contributed by atoms with van der Waals surface area (Å²) < 4.78 is 0. The molecule has 0 aliphatic rings. The topological polar surface area (TPSA) is 54.4 Å². The van der Waals surface area contributed by atoms with Gasteiger partial charge in [0.05, 0.1) is 6.42 Å². The first-order chi connectivity index (χ1) is 11.2. The van der Waals surface area contributed by atoms with E-state index in [9.17, 15) is 9.59 Å². The van der Waals surface area contributed by atoms with Gasteiger partial charge < -0.3 is 5.11 Å². The number of carboxylic acid groups (broad SMARTS) is 1. The van der Waals surface area contributed by atoms with Crippen LogP contribution in [0.4, 0.5) is 0 Å². The number of unbranched alkanes of at least 4 members (excludes halogenated alkanes) is 3. The van der Waals surface area contributed by atoms with Crippen molar-refractivity contribution in [1.29, 1.82) is 0 Å². The van der Waals surface area contributed by atoms with Crippen LogP contribution in [0, 0.1) is 23.7 Å². The maximum Gasteiger partial charge on any atom is 0.303 e. The number of rotatable bonds is 10. The van der Waals surface area contributed by atoms with E-state index in [1.807, 2.05) is 6.08 Å². The lowest BCUT2D eigenvalue weighted by Crippen LogP contribution is -1.97. The minimum atomic E-state index is -0.870. The van der Waals surface area contributed by atoms with Gasteiger partial charge in [-0.1, -0.05) is 55.8 Å². The molecule has 0 aromatic heterocycles. The van der Waals surface area contributed by atoms with Gasteiger partial charge in [0.2, 0.25) is 0 Å². The molecule has 0 amide bonds. The van der Waals surface area contributed by atoms with E-state index in [0.717, 1.165) is 6.42 Å². The van der Waals surface area contributed by atoms with E-state index < -0.39 is 5.97 Å². The molecule has 0 aliphatic heterocycles. The molecule has 0 spiro atoms. The summed E-state index contributed by atoms with van der Waals surface area (Å²) in [5, 5.41) is 8.46. The summed E-state index contributed by atoms with van der Waals surface area (Å²) in [7, 11) is 0. The van der Waals surface area contributed by atoms with Gasteiger partial charge in [0.15, 0.2) is 5.78 Å². The molecule has 0 fully saturated rings. The second-order valence-electron chi connectivity index (χ2n) is 5.05. The smallest absolute Gasteiger partial charge is 0.303 e. The molecule has 0 aliphatic carbocycles. The summed E-state index contributed by atoms with van der Waals surface area (Å²) >= 11 is 0. The average molecular weight is 314 g/mol. The maximum absolute atomic E-state index is 11.4. The number of hydrogen-bond acceptors (Lipinski definition) is 2. The van der Waals surface area contributed by atoms with Crippen LogP contribution in [0.3, 0.4) is 0 Å². The van der Waals surface area contributed by atoms with Crippen LogP contribution in [-0.2, 0) is 9.59 Å². The summed E-state index contributed by atoms with van der Waals surface area (Å²) in [6, 6.07) is 0. The molecule has 0 atom stereocenters. The molecule has 3 nitrogen and oxygen atoms in total. The van der Waals surface area contributed by atoms with E-state index in [1.54, 1.807) is 12.2 Å². The summed E-state index contributed by atoms with van der Waals surface area (Å²) in [5.74, 6) is 11.2. The van der Waals surface area contributed by atoms with Gasteiger partial charge in [-0.15, -0.1) is 5.92 Å². The fraction of sp³-hybridized carbons (Fsp3) is 0.500. The van der Waals surface area contributed by atoms with Gasteiger partial charge >= 0.3 is 5.97 Å². The minimum absolute atomic E-state index is 0.0342. The average Bonchev–Trinajstić information content (AvgIpc) is 2.51. The van der Waals surface area contributed by atoms with Crippen LogP contribution in [0.1, 0.15) is 64.7 Å². The first kappa shape index (κ1) is 20.7. The lowest BCUT2D eigenvalue weighted by molar-refractivity contribution is -0.137. The van der Waals surface area contributed by atoms with Crippen molar-refractivity contribution in [3.8, 4) is 23.7 Å². The van der Waals surface area contributed by atoms with Crippen molar-refractivity contribution in [2.45, 2.75) is 64.7 Å². The van der Waals surface area contributed by atoms with Crippen LogP contribution in [0.2, 0.25) is 0 Å². The van der Waals surface area contributed by atoms with Crippen molar-refractivity contribution in [1.82, 2.24) is 0 Å². The number of carbonyl (C=O) groups is 2. The summed E-state index contributed by atoms with van der Waals surface area (Å²) in [4.78, 5) is 21.7. The Balaban J connectivity index is 3.70. The fourth-order valence-electron chi connectivity index (χ4n) is 1.66. The van der Waals surface area contributed by atoms with Crippen molar-refractivity contribution in [3.63, 3.8) is 0 Å². The standard InChI is InChI=1S/C20H26O3/c1-2-3-4-5-6-7-8-9-10-11-12-13-14-16-19(21)17-15-18-20(22)23/h12-14,16H,2-5,8,11,15,17-18H2,1H3,(H,22,23)/b13-12-,16-14+. The van der Waals surface area contributed by atoms with Gasteiger partial charge in [0, 0.05) is 25.7 Å². The molecule has 0 unspecified atom stereocenters. The third-order valence-corrected chi connectivity index (χ3v) is 2.90. The largest absolute Gasteiger partial charge is 0.481 e. The zero-order chi connectivity index (χ0) is 17.2. The highest BCUT2D eigenvalue weighted by atomic mass is 16.4. The molecule has 0 bridgehead atoms. The van der Waals surface area contributed by atoms with E-state index in [2.05, 4.69) is 30.6 Å². The lowest BCUT2D eigenvalue weighted by atomic mass is 10.1. The SMILES string of the molecule is CCCCCC#CCC#CC/C=C\C=C\C(=O)CCCC(=O)O. The summed E-state index contributed by atoms with van der Waals surface area (Å²) in [6.45, 7) is 2.18. The minimum Gasteiger partial charge on any atom is -0.481 e. The molecule has 0 aromatic rings. The Morgan fingerprint density at radius 1 is 0.957 bits per heavy atom. The highest BCUT2D eigenvalue weighted by molar-refractivity contribution is 5.90. The lowest BCUT2D eigenvalue weighted by Gasteiger charge is -1.91. The predicted molar refractivity (Wildman–Crippen MR) is 93.7 cm³/mol. The number of hydrogen-bond donors (Lipinski definition) is 1. The predicted octanol–water partition coefficient (Wildman–Crippen LogP) is 4.29. The van der Waals surface area contributed by atoms with E-state index in [1.165, 1.54) is 25.3 Å². The first-order valence-electron chi connectivity index (χ1n) is 8.16. The Bertz CT molecular complexity index is 519. The monoisotopic (exact) mass is 314 g/mol. The number of allylic oxidation sites excluding steroid dienone is 4. The quantitative estimate of drug-likeness (QED) is 0.283. The van der Waals surface area contributed by atoms with Crippen LogP contribution >= 0.6 is 0 Å². The molecule has 0 radical (unpaired) electrons. The van der Waals surface area contributed by atoms with Crippen LogP contribution in [0.5, 0.6) is 0 Å². The van der Waals surface area contributed by atoms with Gasteiger partial charge in [-0.2, -0.15) is 0 Å². The molecule has 23 heavy (non-hydrogen) atoms. The van der Waals surface area contributed by atoms with Gasteiger partial charge in [0.25, 0.3) is 0 Å². The normalized spacial score (nSPS) is 10.1. The van der Waals surface area contributed by atoms with Gasteiger partial charge in [0.1, 0.15) is 0 Å². The van der Waals surface area contributed by atoms with Crippen LogP contribution < -0.4 is 0 Å². The molecular weight excluding hydrogens is 288 g/mol. The second kappa shape index (κ2) is 16.1. The van der Waals surface area contributed by atoms with Crippen molar-refractivity contribution < 1.29 is 14.7 Å². The molecule has 3 heteroatoms. The summed E-state index contributed by atoms with van der Waals surface area (Å²) in [5.41, 5.74) is 0. The molecule has 0 heterocycles. The van der Waals surface area contributed by atoms with Crippen LogP contribution in [-0.4, -0.2) is 16.9 Å². The fourth-order valence-corrected chi connectivity index (χ4v) is 1.66. The van der Waals surface area contributed by atoms with Gasteiger partial charge in [-0.25, -0.2) is 0 Å². The van der Waals surface area contributed by atoms with Gasteiger partial charge in [-0.3, -0.25) is 9.59 Å². The number of carboxylic acids is 1. The molecule has 0 aromatic carbocycles. The third-order valence-electron chi connectivity index (χ3n) is 2.90. The Morgan fingerprint density at radius 2 is 1.74 bits per heavy atom. The molecule has 124 valence electrons. The highest BCUT2D eigenvalue weighted by Crippen LogP contribution is 1.98. The van der Waals surface area contributed by atoms with Crippen molar-refractivity contribution in [2.75, 3.05) is 0 Å². The Morgan fingerprint density at radius 3 is 2.48 bits per heavy atom. The van der Waals surface area contributed by atoms with E-state index in [-0.39, 0.29) is 18.6 Å². The molecule has 1 N–H and O–H groups in total. The van der Waals surface area contributed by atoms with Crippen molar-refractivity contribution >= 4 is 11.8 Å². The zero-order valence-corrected chi connectivity index (χ0v) is 13.9. The van der Waals surface area contributed by atoms with E-state index in [4.69, 9.17) is 5.11 Å². The van der Waals surface area contributed by atoms with E-state index in [0.29, 0.717) is 19.3 Å². The van der Waals surface area contributed by atoms with Crippen molar-refractivity contribution in [3.05, 3.63) is 24.3 Å². The molecule has 0 rings (SSSR count). The van der Waals surface area contributed by atoms with E-state index >= 15 is 0 Å². The first-order valence-corrected chi connectivity index (χ1v) is 8.16. The van der Waals surface area contributed by atoms with Crippen molar-refractivity contribution in [2.24, 2.45) is 0 Å². The van der Waals surface area contributed by atoms with Crippen LogP contribution in [0.25, 0.3) is 0 Å². The maximum atomic E-state index is 11.4. The van der Waals surface area contributed by atoms with Gasteiger partial charge in [-0.05, 0) is 18.9 Å². The highest BCUT2D eigenvalue weighted by Gasteiger charge is 1.99. The molecule has 0 saturated carbocycles.